The zero-order valence-corrected chi connectivity index (χ0v) is 9.32. The number of aryl methyl sites for hydroxylation is 2. The minimum Gasteiger partial charge on any atom is -0.396 e. The molecule has 0 unspecified atom stereocenters. The summed E-state index contributed by atoms with van der Waals surface area (Å²) >= 11 is 1.71. The number of aliphatic hydroxyl groups excluding tert-OH is 1. The SMILES string of the molecule is Cc1ncsc1CCC(C)(C)CO. The van der Waals surface area contributed by atoms with Crippen LogP contribution in [0.1, 0.15) is 30.8 Å². The first-order valence-electron chi connectivity index (χ1n) is 4.55. The maximum absolute atomic E-state index is 9.08. The minimum atomic E-state index is 0.0381. The van der Waals surface area contributed by atoms with E-state index in [1.54, 1.807) is 11.3 Å². The summed E-state index contributed by atoms with van der Waals surface area (Å²) in [5, 5.41) is 9.08. The van der Waals surface area contributed by atoms with Gasteiger partial charge in [0.25, 0.3) is 0 Å². The van der Waals surface area contributed by atoms with E-state index in [0.717, 1.165) is 18.5 Å². The molecule has 2 nitrogen and oxygen atoms in total. The monoisotopic (exact) mass is 199 g/mol. The van der Waals surface area contributed by atoms with Crippen molar-refractivity contribution < 1.29 is 5.11 Å². The van der Waals surface area contributed by atoms with Crippen LogP contribution in [0, 0.1) is 12.3 Å². The zero-order chi connectivity index (χ0) is 9.90. The van der Waals surface area contributed by atoms with E-state index in [9.17, 15) is 0 Å². The number of aliphatic hydroxyl groups is 1. The van der Waals surface area contributed by atoms with Gasteiger partial charge in [0.05, 0.1) is 11.2 Å². The smallest absolute Gasteiger partial charge is 0.0797 e. The number of hydrogen-bond donors (Lipinski definition) is 1. The van der Waals surface area contributed by atoms with Crippen molar-refractivity contribution in [3.05, 3.63) is 16.1 Å². The van der Waals surface area contributed by atoms with Crippen LogP contribution in [0.25, 0.3) is 0 Å². The third-order valence-corrected chi connectivity index (χ3v) is 3.30. The van der Waals surface area contributed by atoms with Crippen molar-refractivity contribution in [1.29, 1.82) is 0 Å². The Labute approximate surface area is 83.6 Å². The first kappa shape index (κ1) is 10.7. The van der Waals surface area contributed by atoms with E-state index in [-0.39, 0.29) is 12.0 Å². The van der Waals surface area contributed by atoms with Gasteiger partial charge in [-0.2, -0.15) is 0 Å². The predicted octanol–water partition coefficient (Wildman–Crippen LogP) is 2.40. The van der Waals surface area contributed by atoms with Gasteiger partial charge in [-0.1, -0.05) is 13.8 Å². The Morgan fingerprint density at radius 3 is 2.69 bits per heavy atom. The Balaban J connectivity index is 2.48. The van der Waals surface area contributed by atoms with Crippen molar-refractivity contribution in [2.24, 2.45) is 5.41 Å². The molecule has 1 heterocycles. The first-order chi connectivity index (χ1) is 6.05. The first-order valence-corrected chi connectivity index (χ1v) is 5.43. The topological polar surface area (TPSA) is 33.1 Å². The van der Waals surface area contributed by atoms with Crippen LogP contribution in [-0.4, -0.2) is 16.7 Å². The maximum atomic E-state index is 9.08. The maximum Gasteiger partial charge on any atom is 0.0797 e. The quantitative estimate of drug-likeness (QED) is 0.807. The van der Waals surface area contributed by atoms with Crippen LogP contribution < -0.4 is 0 Å². The van der Waals surface area contributed by atoms with Crippen molar-refractivity contribution in [3.63, 3.8) is 0 Å². The fraction of sp³-hybridized carbons (Fsp3) is 0.700. The van der Waals surface area contributed by atoms with Gasteiger partial charge in [0, 0.05) is 11.5 Å². The standard InChI is InChI=1S/C10H17NOS/c1-8-9(13-7-11-8)4-5-10(2,3)6-12/h7,12H,4-6H2,1-3H3. The second-order valence-electron chi connectivity index (χ2n) is 4.18. The van der Waals surface area contributed by atoms with E-state index in [1.807, 2.05) is 12.4 Å². The molecule has 0 aliphatic carbocycles. The van der Waals surface area contributed by atoms with E-state index in [4.69, 9.17) is 5.11 Å². The fourth-order valence-corrected chi connectivity index (χ4v) is 1.88. The molecule has 0 spiro atoms. The summed E-state index contributed by atoms with van der Waals surface area (Å²) in [5.74, 6) is 0. The molecule has 74 valence electrons. The lowest BCUT2D eigenvalue weighted by Gasteiger charge is -2.20. The van der Waals surface area contributed by atoms with E-state index in [2.05, 4.69) is 18.8 Å². The average Bonchev–Trinajstić information content (AvgIpc) is 2.48. The van der Waals surface area contributed by atoms with Gasteiger partial charge >= 0.3 is 0 Å². The summed E-state index contributed by atoms with van der Waals surface area (Å²) in [6, 6.07) is 0. The van der Waals surface area contributed by atoms with E-state index < -0.39 is 0 Å². The van der Waals surface area contributed by atoms with Crippen molar-refractivity contribution in [2.45, 2.75) is 33.6 Å². The number of hydrogen-bond acceptors (Lipinski definition) is 3. The fourth-order valence-electron chi connectivity index (χ4n) is 1.10. The van der Waals surface area contributed by atoms with Crippen LogP contribution >= 0.6 is 11.3 Å². The molecule has 1 aromatic rings. The van der Waals surface area contributed by atoms with E-state index in [1.165, 1.54) is 4.88 Å². The van der Waals surface area contributed by atoms with Gasteiger partial charge in [-0.3, -0.25) is 0 Å². The minimum absolute atomic E-state index is 0.0381. The zero-order valence-electron chi connectivity index (χ0n) is 8.50. The highest BCUT2D eigenvalue weighted by Gasteiger charge is 2.16. The van der Waals surface area contributed by atoms with E-state index >= 15 is 0 Å². The van der Waals surface area contributed by atoms with Gasteiger partial charge in [-0.15, -0.1) is 11.3 Å². The lowest BCUT2D eigenvalue weighted by atomic mass is 9.88. The average molecular weight is 199 g/mol. The summed E-state index contributed by atoms with van der Waals surface area (Å²) in [6.45, 7) is 6.47. The molecule has 0 atom stereocenters. The third-order valence-electron chi connectivity index (χ3n) is 2.30. The molecule has 0 radical (unpaired) electrons. The molecule has 1 N–H and O–H groups in total. The normalized spacial score (nSPS) is 12.0. The largest absolute Gasteiger partial charge is 0.396 e. The number of nitrogens with zero attached hydrogens (tertiary/aromatic N) is 1. The predicted molar refractivity (Wildman–Crippen MR) is 56.0 cm³/mol. The molecular formula is C10H17NOS. The highest BCUT2D eigenvalue weighted by Crippen LogP contribution is 2.24. The molecule has 13 heavy (non-hydrogen) atoms. The van der Waals surface area contributed by atoms with Gasteiger partial charge < -0.3 is 5.11 Å². The van der Waals surface area contributed by atoms with Crippen molar-refractivity contribution in [2.75, 3.05) is 6.61 Å². The van der Waals surface area contributed by atoms with Crippen LogP contribution in [0.15, 0.2) is 5.51 Å². The Bertz CT molecular complexity index is 268. The summed E-state index contributed by atoms with van der Waals surface area (Å²) in [5.41, 5.74) is 3.06. The molecule has 0 saturated heterocycles. The van der Waals surface area contributed by atoms with Crippen molar-refractivity contribution >= 4 is 11.3 Å². The molecule has 0 saturated carbocycles. The van der Waals surface area contributed by atoms with Gasteiger partial charge in [-0.05, 0) is 25.2 Å². The Morgan fingerprint density at radius 1 is 1.54 bits per heavy atom. The van der Waals surface area contributed by atoms with Gasteiger partial charge in [0.2, 0.25) is 0 Å². The van der Waals surface area contributed by atoms with Crippen LogP contribution in [0.5, 0.6) is 0 Å². The lowest BCUT2D eigenvalue weighted by Crippen LogP contribution is -2.17. The van der Waals surface area contributed by atoms with Crippen LogP contribution in [-0.2, 0) is 6.42 Å². The van der Waals surface area contributed by atoms with Gasteiger partial charge in [0.15, 0.2) is 0 Å². The molecule has 0 fully saturated rings. The molecule has 0 aromatic carbocycles. The molecular weight excluding hydrogens is 182 g/mol. The van der Waals surface area contributed by atoms with Gasteiger partial charge in [-0.25, -0.2) is 4.98 Å². The Morgan fingerprint density at radius 2 is 2.23 bits per heavy atom. The van der Waals surface area contributed by atoms with Crippen molar-refractivity contribution in [1.82, 2.24) is 4.98 Å². The number of aromatic nitrogens is 1. The summed E-state index contributed by atoms with van der Waals surface area (Å²) in [6.07, 6.45) is 2.05. The molecule has 0 aliphatic heterocycles. The number of thiazole rings is 1. The van der Waals surface area contributed by atoms with Crippen LogP contribution in [0.3, 0.4) is 0 Å². The molecule has 1 rings (SSSR count). The second kappa shape index (κ2) is 4.20. The lowest BCUT2D eigenvalue weighted by molar-refractivity contribution is 0.151. The van der Waals surface area contributed by atoms with Crippen molar-refractivity contribution in [3.8, 4) is 0 Å². The second-order valence-corrected chi connectivity index (χ2v) is 5.12. The van der Waals surface area contributed by atoms with Crippen LogP contribution in [0.4, 0.5) is 0 Å². The Hall–Kier alpha value is -0.410. The molecule has 1 aromatic heterocycles. The van der Waals surface area contributed by atoms with E-state index in [0.29, 0.717) is 0 Å². The highest BCUT2D eigenvalue weighted by molar-refractivity contribution is 7.09. The third kappa shape index (κ3) is 3.08. The molecule has 0 bridgehead atoms. The summed E-state index contributed by atoms with van der Waals surface area (Å²) in [4.78, 5) is 5.55. The summed E-state index contributed by atoms with van der Waals surface area (Å²) in [7, 11) is 0. The molecule has 0 aliphatic rings. The van der Waals surface area contributed by atoms with Crippen LogP contribution in [0.2, 0.25) is 0 Å². The van der Waals surface area contributed by atoms with Gasteiger partial charge in [0.1, 0.15) is 0 Å². The molecule has 0 amide bonds. The Kier molecular flexibility index (Phi) is 3.45. The molecule has 3 heteroatoms. The summed E-state index contributed by atoms with van der Waals surface area (Å²) < 4.78 is 0. The number of rotatable bonds is 4. The highest BCUT2D eigenvalue weighted by atomic mass is 32.1.